The topological polar surface area (TPSA) is 18.5 Å². The van der Waals surface area contributed by atoms with Crippen LogP contribution in [-0.2, 0) is 16.2 Å². The van der Waals surface area contributed by atoms with Gasteiger partial charge in [0.1, 0.15) is 0 Å². The van der Waals surface area contributed by atoms with Crippen LogP contribution in [0.4, 0.5) is 45.5 Å². The summed E-state index contributed by atoms with van der Waals surface area (Å²) in [5.41, 5.74) is 22.9. The number of benzene rings is 11. The SMILES string of the molecule is CC(C)(C)c1ccc(-c2c(C(C)(C)C)cc3c4c2Nc2cc(N(c5ccccc5)c5ccccc5)ccc2B4c2sc4ccc(C(C)(C)C)cc4c2N3c2ccc3c(-c4ccccc4)c4ccccc4c(-c4ccccc4)c3c2)cc1. The second-order valence-corrected chi connectivity index (χ2v) is 26.5. The smallest absolute Gasteiger partial charge is 0.264 e. The Morgan fingerprint density at radius 3 is 1.53 bits per heavy atom. The van der Waals surface area contributed by atoms with Gasteiger partial charge in [-0.3, -0.25) is 0 Å². The second-order valence-electron chi connectivity index (χ2n) is 25.4. The minimum atomic E-state index is -0.254. The number of thiophene rings is 1. The fourth-order valence-electron chi connectivity index (χ4n) is 13.0. The van der Waals surface area contributed by atoms with E-state index < -0.39 is 0 Å². The van der Waals surface area contributed by atoms with Crippen molar-refractivity contribution in [3.8, 4) is 33.4 Å². The monoisotopic (exact) mass is 1060 g/mol. The Morgan fingerprint density at radius 2 is 0.951 bits per heavy atom. The van der Waals surface area contributed by atoms with Gasteiger partial charge in [-0.25, -0.2) is 0 Å². The van der Waals surface area contributed by atoms with E-state index in [-0.39, 0.29) is 23.0 Å². The van der Waals surface area contributed by atoms with Gasteiger partial charge in [-0.2, -0.15) is 0 Å². The van der Waals surface area contributed by atoms with Crippen molar-refractivity contribution in [2.24, 2.45) is 0 Å². The average molecular weight is 1060 g/mol. The first kappa shape index (κ1) is 50.6. The van der Waals surface area contributed by atoms with Crippen molar-refractivity contribution >= 4 is 111 Å². The number of rotatable bonds is 7. The molecule has 2 aliphatic rings. The normalized spacial score (nSPS) is 13.0. The van der Waals surface area contributed by atoms with Gasteiger partial charge in [-0.15, -0.1) is 11.3 Å². The third kappa shape index (κ3) is 8.47. The molecule has 0 radical (unpaired) electrons. The van der Waals surface area contributed by atoms with Gasteiger partial charge in [-0.1, -0.05) is 226 Å². The number of hydrogen-bond acceptors (Lipinski definition) is 4. The fraction of sp³-hybridized carbons (Fsp3) is 0.158. The van der Waals surface area contributed by atoms with E-state index in [0.717, 1.165) is 28.4 Å². The molecule has 394 valence electrons. The van der Waals surface area contributed by atoms with E-state index in [1.807, 2.05) is 11.3 Å². The molecule has 12 aromatic rings. The predicted molar refractivity (Wildman–Crippen MR) is 353 cm³/mol. The molecule has 0 saturated carbocycles. The molecule has 0 fully saturated rings. The van der Waals surface area contributed by atoms with Crippen molar-refractivity contribution in [2.45, 2.75) is 78.6 Å². The molecule has 81 heavy (non-hydrogen) atoms. The zero-order valence-corrected chi connectivity index (χ0v) is 48.6. The summed E-state index contributed by atoms with van der Waals surface area (Å²) in [6, 6.07) is 86.6. The average Bonchev–Trinajstić information content (AvgIpc) is 4.00. The fourth-order valence-corrected chi connectivity index (χ4v) is 14.3. The van der Waals surface area contributed by atoms with Crippen molar-refractivity contribution < 1.29 is 0 Å². The lowest BCUT2D eigenvalue weighted by atomic mass is 9.36. The van der Waals surface area contributed by atoms with E-state index >= 15 is 0 Å². The van der Waals surface area contributed by atoms with Crippen molar-refractivity contribution in [1.82, 2.24) is 0 Å². The minimum Gasteiger partial charge on any atom is -0.356 e. The summed E-state index contributed by atoms with van der Waals surface area (Å²) in [5.74, 6) is 0. The van der Waals surface area contributed by atoms with Crippen molar-refractivity contribution in [3.63, 3.8) is 0 Å². The largest absolute Gasteiger partial charge is 0.356 e. The third-order valence-electron chi connectivity index (χ3n) is 17.0. The molecule has 0 bridgehead atoms. The Balaban J connectivity index is 1.11. The number of nitrogens with one attached hydrogen (secondary N) is 1. The summed E-state index contributed by atoms with van der Waals surface area (Å²) < 4.78 is 2.65. The maximum Gasteiger partial charge on any atom is 0.264 e. The Labute approximate surface area is 482 Å². The predicted octanol–water partition coefficient (Wildman–Crippen LogP) is 19.9. The first-order valence-electron chi connectivity index (χ1n) is 28.7. The van der Waals surface area contributed by atoms with Crippen LogP contribution in [0.3, 0.4) is 0 Å². The minimum absolute atomic E-state index is 0.0108. The molecule has 3 nitrogen and oxygen atoms in total. The van der Waals surface area contributed by atoms with Crippen molar-refractivity contribution in [2.75, 3.05) is 15.1 Å². The van der Waals surface area contributed by atoms with E-state index in [2.05, 4.69) is 308 Å². The van der Waals surface area contributed by atoms with Gasteiger partial charge in [-0.05, 0) is 160 Å². The van der Waals surface area contributed by atoms with Crippen molar-refractivity contribution in [3.05, 3.63) is 247 Å². The maximum atomic E-state index is 4.33. The molecule has 2 aliphatic heterocycles. The van der Waals surface area contributed by atoms with Crippen LogP contribution in [0, 0.1) is 0 Å². The summed E-state index contributed by atoms with van der Waals surface area (Å²) in [6.07, 6.45) is 0. The van der Waals surface area contributed by atoms with Crippen molar-refractivity contribution in [1.29, 1.82) is 0 Å². The van der Waals surface area contributed by atoms with Crippen LogP contribution in [0.5, 0.6) is 0 Å². The molecule has 5 heteroatoms. The number of para-hydroxylation sites is 2. The summed E-state index contributed by atoms with van der Waals surface area (Å²) in [4.78, 5) is 5.06. The molecular weight excluding hydrogens is 998 g/mol. The molecule has 14 rings (SSSR count). The Hall–Kier alpha value is -8.64. The molecule has 1 aromatic heterocycles. The van der Waals surface area contributed by atoms with Gasteiger partial charge in [0.05, 0.1) is 5.69 Å². The standard InChI is InChI=1S/C76H66BN3S/c1-74(2,3)51-36-34-50(35-37-51)69-62(76(7,8)9)47-65-70-71(69)78-64-46-56(79(53-28-18-12-19-29-53)54-30-20-13-21-31-54)40-42-63(64)77(70)73-72(61-44-52(75(4,5)6)38-43-66(61)81-73)80(65)55-39-41-59-60(45-55)68(49-26-16-11-17-27-49)58-33-23-22-32-57(58)67(59)48-24-14-10-15-25-48/h10-47,78H,1-9H3. The summed E-state index contributed by atoms with van der Waals surface area (Å²) in [6.45, 7) is 21.1. The lowest BCUT2D eigenvalue weighted by Gasteiger charge is -2.42. The molecule has 0 unspecified atom stereocenters. The number of anilines is 8. The van der Waals surface area contributed by atoms with Gasteiger partial charge < -0.3 is 15.1 Å². The highest BCUT2D eigenvalue weighted by Crippen LogP contribution is 2.53. The molecule has 11 aromatic carbocycles. The summed E-state index contributed by atoms with van der Waals surface area (Å²) in [7, 11) is 0. The van der Waals surface area contributed by atoms with E-state index in [9.17, 15) is 0 Å². The third-order valence-corrected chi connectivity index (χ3v) is 18.3. The Bertz CT molecular complexity index is 4370. The highest BCUT2D eigenvalue weighted by atomic mass is 32.1. The molecular formula is C76H66BN3S. The van der Waals surface area contributed by atoms with Gasteiger partial charge in [0.2, 0.25) is 0 Å². The number of fused-ring (bicyclic) bond motifs is 8. The van der Waals surface area contributed by atoms with Crippen LogP contribution in [0.25, 0.3) is 65.0 Å². The molecule has 0 atom stereocenters. The van der Waals surface area contributed by atoms with Crippen LogP contribution >= 0.6 is 11.3 Å². The quantitative estimate of drug-likeness (QED) is 0.127. The molecule has 0 amide bonds. The van der Waals surface area contributed by atoms with Gasteiger partial charge in [0.25, 0.3) is 6.71 Å². The Kier molecular flexibility index (Phi) is 11.9. The first-order valence-corrected chi connectivity index (χ1v) is 29.5. The lowest BCUT2D eigenvalue weighted by Crippen LogP contribution is -2.59. The first-order chi connectivity index (χ1) is 39.1. The number of nitrogens with zero attached hydrogens (tertiary/aromatic N) is 2. The van der Waals surface area contributed by atoms with Crippen LogP contribution in [0.2, 0.25) is 0 Å². The van der Waals surface area contributed by atoms with E-state index in [4.69, 9.17) is 0 Å². The molecule has 3 heterocycles. The van der Waals surface area contributed by atoms with Crippen LogP contribution in [0.1, 0.15) is 79.0 Å². The zero-order chi connectivity index (χ0) is 55.5. The van der Waals surface area contributed by atoms with Gasteiger partial charge in [0, 0.05) is 60.2 Å². The van der Waals surface area contributed by atoms with E-state index in [1.165, 1.54) is 114 Å². The summed E-state index contributed by atoms with van der Waals surface area (Å²) >= 11 is 1.97. The highest BCUT2D eigenvalue weighted by molar-refractivity contribution is 7.33. The number of hydrogen-bond donors (Lipinski definition) is 1. The van der Waals surface area contributed by atoms with Gasteiger partial charge in [0.15, 0.2) is 0 Å². The summed E-state index contributed by atoms with van der Waals surface area (Å²) in [5, 5.41) is 10.6. The molecule has 0 aliphatic carbocycles. The second kappa shape index (κ2) is 19.0. The molecule has 0 spiro atoms. The van der Waals surface area contributed by atoms with Crippen LogP contribution in [0.15, 0.2) is 231 Å². The van der Waals surface area contributed by atoms with E-state index in [1.54, 1.807) is 0 Å². The van der Waals surface area contributed by atoms with Gasteiger partial charge >= 0.3 is 0 Å². The molecule has 0 saturated heterocycles. The molecule has 1 N–H and O–H groups in total. The highest BCUT2D eigenvalue weighted by Gasteiger charge is 2.46. The van der Waals surface area contributed by atoms with Crippen LogP contribution in [-0.4, -0.2) is 6.71 Å². The lowest BCUT2D eigenvalue weighted by molar-refractivity contribution is 0.589. The van der Waals surface area contributed by atoms with Crippen LogP contribution < -0.4 is 30.8 Å². The Morgan fingerprint density at radius 1 is 0.420 bits per heavy atom. The maximum absolute atomic E-state index is 4.33. The van der Waals surface area contributed by atoms with E-state index in [0.29, 0.717) is 0 Å². The zero-order valence-electron chi connectivity index (χ0n) is 47.8.